The lowest BCUT2D eigenvalue weighted by atomic mass is 10.0. The third-order valence-electron chi connectivity index (χ3n) is 3.42. The molecule has 0 aliphatic rings. The Morgan fingerprint density at radius 3 is 2.44 bits per heavy atom. The van der Waals surface area contributed by atoms with E-state index in [0.29, 0.717) is 0 Å². The van der Waals surface area contributed by atoms with E-state index in [9.17, 15) is 0 Å². The number of nitrogens with one attached hydrogen (secondary N) is 1. The van der Waals surface area contributed by atoms with Crippen molar-refractivity contribution in [2.75, 3.05) is 0 Å². The summed E-state index contributed by atoms with van der Waals surface area (Å²) in [5.41, 5.74) is 2.86. The SMILES string of the molecule is CCCCCCCCC(NN)c1ccc(CC)o1. The third kappa shape index (κ3) is 5.23. The second-order valence-electron chi connectivity index (χ2n) is 4.93. The van der Waals surface area contributed by atoms with E-state index in [1.807, 2.05) is 12.1 Å². The predicted octanol–water partition coefficient (Wildman–Crippen LogP) is 4.10. The molecular weight excluding hydrogens is 224 g/mol. The Morgan fingerprint density at radius 1 is 1.11 bits per heavy atom. The lowest BCUT2D eigenvalue weighted by Crippen LogP contribution is -2.27. The molecular formula is C15H28N2O. The van der Waals surface area contributed by atoms with Gasteiger partial charge in [0.05, 0.1) is 6.04 Å². The van der Waals surface area contributed by atoms with Gasteiger partial charge in [0.2, 0.25) is 0 Å². The van der Waals surface area contributed by atoms with Gasteiger partial charge in [-0.25, -0.2) is 5.43 Å². The summed E-state index contributed by atoms with van der Waals surface area (Å²) >= 11 is 0. The van der Waals surface area contributed by atoms with Gasteiger partial charge in [0.25, 0.3) is 0 Å². The Labute approximate surface area is 111 Å². The maximum Gasteiger partial charge on any atom is 0.122 e. The molecule has 0 aliphatic carbocycles. The summed E-state index contributed by atoms with van der Waals surface area (Å²) in [5, 5.41) is 0. The van der Waals surface area contributed by atoms with Gasteiger partial charge >= 0.3 is 0 Å². The van der Waals surface area contributed by atoms with E-state index in [4.69, 9.17) is 10.3 Å². The quantitative estimate of drug-likeness (QED) is 0.374. The largest absolute Gasteiger partial charge is 0.464 e. The topological polar surface area (TPSA) is 51.2 Å². The summed E-state index contributed by atoms with van der Waals surface area (Å²) in [6.45, 7) is 4.35. The molecule has 1 aromatic rings. The molecule has 1 heterocycles. The molecule has 0 fully saturated rings. The van der Waals surface area contributed by atoms with Gasteiger partial charge in [0, 0.05) is 6.42 Å². The lowest BCUT2D eigenvalue weighted by molar-refractivity contribution is 0.374. The molecule has 0 amide bonds. The van der Waals surface area contributed by atoms with Crippen LogP contribution < -0.4 is 11.3 Å². The molecule has 1 rings (SSSR count). The van der Waals surface area contributed by atoms with Crippen molar-refractivity contribution in [2.24, 2.45) is 5.84 Å². The molecule has 1 atom stereocenters. The number of hydrogen-bond acceptors (Lipinski definition) is 3. The fourth-order valence-electron chi connectivity index (χ4n) is 2.21. The van der Waals surface area contributed by atoms with Crippen LogP contribution in [-0.4, -0.2) is 0 Å². The monoisotopic (exact) mass is 252 g/mol. The molecule has 1 aromatic heterocycles. The van der Waals surface area contributed by atoms with E-state index in [0.717, 1.165) is 24.4 Å². The summed E-state index contributed by atoms with van der Waals surface area (Å²) in [6, 6.07) is 4.25. The molecule has 0 spiro atoms. The molecule has 18 heavy (non-hydrogen) atoms. The van der Waals surface area contributed by atoms with Crippen molar-refractivity contribution in [1.82, 2.24) is 5.43 Å². The average molecular weight is 252 g/mol. The molecule has 3 nitrogen and oxygen atoms in total. The fourth-order valence-corrected chi connectivity index (χ4v) is 2.21. The van der Waals surface area contributed by atoms with Crippen molar-refractivity contribution in [1.29, 1.82) is 0 Å². The molecule has 0 radical (unpaired) electrons. The number of nitrogens with two attached hydrogens (primary N) is 1. The number of unbranched alkanes of at least 4 members (excludes halogenated alkanes) is 5. The highest BCUT2D eigenvalue weighted by molar-refractivity contribution is 5.10. The van der Waals surface area contributed by atoms with Crippen molar-refractivity contribution < 1.29 is 4.42 Å². The van der Waals surface area contributed by atoms with E-state index < -0.39 is 0 Å². The Balaban J connectivity index is 2.25. The highest BCUT2D eigenvalue weighted by Gasteiger charge is 2.13. The van der Waals surface area contributed by atoms with Gasteiger partial charge in [-0.05, 0) is 18.6 Å². The molecule has 0 aromatic carbocycles. The second kappa shape index (κ2) is 9.17. The predicted molar refractivity (Wildman–Crippen MR) is 76.1 cm³/mol. The van der Waals surface area contributed by atoms with Crippen LogP contribution in [0.15, 0.2) is 16.5 Å². The van der Waals surface area contributed by atoms with Crippen molar-refractivity contribution >= 4 is 0 Å². The minimum absolute atomic E-state index is 0.163. The van der Waals surface area contributed by atoms with Crippen molar-refractivity contribution in [3.8, 4) is 0 Å². The second-order valence-corrected chi connectivity index (χ2v) is 4.93. The molecule has 0 aliphatic heterocycles. The van der Waals surface area contributed by atoms with Crippen LogP contribution in [0.5, 0.6) is 0 Å². The van der Waals surface area contributed by atoms with Gasteiger partial charge in [0.1, 0.15) is 11.5 Å². The van der Waals surface area contributed by atoms with Crippen LogP contribution in [0.25, 0.3) is 0 Å². The Morgan fingerprint density at radius 2 is 1.83 bits per heavy atom. The summed E-state index contributed by atoms with van der Waals surface area (Å²) in [6.07, 6.45) is 9.85. The smallest absolute Gasteiger partial charge is 0.122 e. The first kappa shape index (κ1) is 15.3. The van der Waals surface area contributed by atoms with E-state index >= 15 is 0 Å². The first-order valence-corrected chi connectivity index (χ1v) is 7.36. The normalized spacial score (nSPS) is 12.8. The van der Waals surface area contributed by atoms with E-state index in [1.54, 1.807) is 0 Å². The highest BCUT2D eigenvalue weighted by atomic mass is 16.3. The van der Waals surface area contributed by atoms with Gasteiger partial charge < -0.3 is 4.42 Å². The molecule has 3 heteroatoms. The van der Waals surface area contributed by atoms with E-state index in [2.05, 4.69) is 19.3 Å². The van der Waals surface area contributed by atoms with Gasteiger partial charge in [-0.15, -0.1) is 0 Å². The molecule has 1 unspecified atom stereocenters. The van der Waals surface area contributed by atoms with Crippen LogP contribution in [0.4, 0.5) is 0 Å². The van der Waals surface area contributed by atoms with Crippen molar-refractivity contribution in [3.05, 3.63) is 23.7 Å². The summed E-state index contributed by atoms with van der Waals surface area (Å²) in [5.74, 6) is 7.62. The molecule has 0 bridgehead atoms. The van der Waals surface area contributed by atoms with Gasteiger partial charge in [0.15, 0.2) is 0 Å². The zero-order valence-corrected chi connectivity index (χ0v) is 11.9. The van der Waals surface area contributed by atoms with E-state index in [-0.39, 0.29) is 6.04 Å². The zero-order chi connectivity index (χ0) is 13.2. The maximum atomic E-state index is 5.74. The van der Waals surface area contributed by atoms with Gasteiger partial charge in [-0.3, -0.25) is 5.84 Å². The third-order valence-corrected chi connectivity index (χ3v) is 3.42. The van der Waals surface area contributed by atoms with Crippen LogP contribution in [0.3, 0.4) is 0 Å². The van der Waals surface area contributed by atoms with Crippen LogP contribution in [0, 0.1) is 0 Å². The van der Waals surface area contributed by atoms with Crippen molar-refractivity contribution in [3.63, 3.8) is 0 Å². The Hall–Kier alpha value is -0.800. The minimum atomic E-state index is 0.163. The van der Waals surface area contributed by atoms with Gasteiger partial charge in [-0.2, -0.15) is 0 Å². The molecule has 0 saturated heterocycles. The van der Waals surface area contributed by atoms with Crippen LogP contribution in [0.1, 0.15) is 76.4 Å². The highest BCUT2D eigenvalue weighted by Crippen LogP contribution is 2.22. The Bertz CT molecular complexity index is 309. The Kier molecular flexibility index (Phi) is 7.78. The lowest BCUT2D eigenvalue weighted by Gasteiger charge is -2.13. The number of rotatable bonds is 10. The average Bonchev–Trinajstić information content (AvgIpc) is 2.87. The summed E-state index contributed by atoms with van der Waals surface area (Å²) < 4.78 is 5.74. The summed E-state index contributed by atoms with van der Waals surface area (Å²) in [4.78, 5) is 0. The zero-order valence-electron chi connectivity index (χ0n) is 11.9. The first-order valence-electron chi connectivity index (χ1n) is 7.36. The number of hydrazine groups is 1. The molecule has 104 valence electrons. The fraction of sp³-hybridized carbons (Fsp3) is 0.733. The summed E-state index contributed by atoms with van der Waals surface area (Å²) in [7, 11) is 0. The maximum absolute atomic E-state index is 5.74. The molecule has 0 saturated carbocycles. The van der Waals surface area contributed by atoms with Gasteiger partial charge in [-0.1, -0.05) is 52.4 Å². The van der Waals surface area contributed by atoms with Crippen LogP contribution in [0.2, 0.25) is 0 Å². The first-order chi connectivity index (χ1) is 8.81. The minimum Gasteiger partial charge on any atom is -0.464 e. The standard InChI is InChI=1S/C15H28N2O/c1-3-5-6-7-8-9-10-14(17-16)15-12-11-13(4-2)18-15/h11-12,14,17H,3-10,16H2,1-2H3. The van der Waals surface area contributed by atoms with Crippen LogP contribution >= 0.6 is 0 Å². The van der Waals surface area contributed by atoms with E-state index in [1.165, 1.54) is 38.5 Å². The number of furan rings is 1. The number of aryl methyl sites for hydroxylation is 1. The number of hydrogen-bond donors (Lipinski definition) is 2. The van der Waals surface area contributed by atoms with Crippen molar-refractivity contribution in [2.45, 2.75) is 71.3 Å². The van der Waals surface area contributed by atoms with Crippen LogP contribution in [-0.2, 0) is 6.42 Å². The molecule has 3 N–H and O–H groups in total.